The highest BCUT2D eigenvalue weighted by atomic mass is 16.5. The van der Waals surface area contributed by atoms with Gasteiger partial charge in [-0.25, -0.2) is 0 Å². The Kier molecular flexibility index (Phi) is 20.9. The molecule has 0 aliphatic carbocycles. The van der Waals surface area contributed by atoms with Gasteiger partial charge in [-0.1, -0.05) is 82.1 Å². The van der Waals surface area contributed by atoms with Crippen molar-refractivity contribution in [3.63, 3.8) is 0 Å². The highest BCUT2D eigenvalue weighted by molar-refractivity contribution is 5.84. The SMILES string of the molecule is C=C1C=C(CCCC(=O)C(C)(C)C)c2ccc(N3CCN(C)CC3)cc2O1.C=C1C=C(CCCC(C)(C)C)c2ccc(N3CCN(C)CC3)cc2O1.C=C1C=C(CCCC(C)(C)C)c2ccc(NCCN(C)C)cc2O1. The fourth-order valence-corrected chi connectivity index (χ4v) is 10.0. The van der Waals surface area contributed by atoms with E-state index in [1.807, 2.05) is 26.8 Å². The number of anilines is 3. The monoisotopic (exact) mass is 1040 g/mol. The second-order valence-corrected chi connectivity index (χ2v) is 25.5. The van der Waals surface area contributed by atoms with Gasteiger partial charge in [0.25, 0.3) is 0 Å². The zero-order valence-corrected chi connectivity index (χ0v) is 49.4. The summed E-state index contributed by atoms with van der Waals surface area (Å²) >= 11 is 0. The lowest BCUT2D eigenvalue weighted by molar-refractivity contribution is -0.126. The predicted octanol–water partition coefficient (Wildman–Crippen LogP) is 14.6. The molecule has 10 nitrogen and oxygen atoms in total. The predicted molar refractivity (Wildman–Crippen MR) is 324 cm³/mol. The zero-order chi connectivity index (χ0) is 55.4. The van der Waals surface area contributed by atoms with Crippen molar-refractivity contribution >= 4 is 39.6 Å². The maximum absolute atomic E-state index is 12.2. The highest BCUT2D eigenvalue weighted by Gasteiger charge is 2.25. The molecular weight excluding hydrogens is 941 g/mol. The van der Waals surface area contributed by atoms with Gasteiger partial charge in [0.15, 0.2) is 0 Å². The minimum atomic E-state index is -0.261. The van der Waals surface area contributed by atoms with Crippen molar-refractivity contribution < 1.29 is 19.0 Å². The van der Waals surface area contributed by atoms with Crippen LogP contribution in [-0.2, 0) is 4.79 Å². The van der Waals surface area contributed by atoms with Gasteiger partial charge in [0, 0.05) is 129 Å². The molecule has 76 heavy (non-hydrogen) atoms. The molecule has 0 unspecified atom stereocenters. The first-order valence-electron chi connectivity index (χ1n) is 28.2. The molecule has 0 spiro atoms. The molecule has 0 radical (unpaired) electrons. The number of allylic oxidation sites excluding steroid dienone is 6. The van der Waals surface area contributed by atoms with Crippen molar-refractivity contribution in [2.45, 2.75) is 120 Å². The Morgan fingerprint density at radius 1 is 0.553 bits per heavy atom. The molecule has 414 valence electrons. The molecule has 8 rings (SSSR count). The Balaban J connectivity index is 0.000000185. The van der Waals surface area contributed by atoms with Gasteiger partial charge in [0.05, 0.1) is 0 Å². The van der Waals surface area contributed by atoms with Crippen LogP contribution < -0.4 is 29.3 Å². The second kappa shape index (κ2) is 26.7. The average Bonchev–Trinajstić information content (AvgIpc) is 3.33. The smallest absolute Gasteiger partial charge is 0.138 e. The topological polar surface area (TPSA) is 73.0 Å². The summed E-state index contributed by atoms with van der Waals surface area (Å²) in [6, 6.07) is 19.6. The van der Waals surface area contributed by atoms with Crippen LogP contribution in [0.3, 0.4) is 0 Å². The fourth-order valence-electron chi connectivity index (χ4n) is 10.0. The number of nitrogens with one attached hydrogen (secondary N) is 1. The van der Waals surface area contributed by atoms with Crippen molar-refractivity contribution in [3.05, 3.63) is 127 Å². The molecule has 2 saturated heterocycles. The number of piperazine rings is 2. The summed E-state index contributed by atoms with van der Waals surface area (Å²) in [5.74, 6) is 5.26. The van der Waals surface area contributed by atoms with Gasteiger partial charge in [-0.2, -0.15) is 0 Å². The van der Waals surface area contributed by atoms with Gasteiger partial charge in [-0.05, 0) is 162 Å². The number of nitrogens with zero attached hydrogens (tertiary/aromatic N) is 5. The van der Waals surface area contributed by atoms with Crippen LogP contribution in [0.5, 0.6) is 17.2 Å². The van der Waals surface area contributed by atoms with Gasteiger partial charge in [0.1, 0.15) is 40.3 Å². The van der Waals surface area contributed by atoms with Gasteiger partial charge in [-0.15, -0.1) is 0 Å². The zero-order valence-electron chi connectivity index (χ0n) is 49.4. The lowest BCUT2D eigenvalue weighted by Gasteiger charge is -2.34. The van der Waals surface area contributed by atoms with Gasteiger partial charge in [0.2, 0.25) is 0 Å². The minimum absolute atomic E-state index is 0.261. The van der Waals surface area contributed by atoms with Crippen molar-refractivity contribution in [1.29, 1.82) is 0 Å². The fraction of sp³-hybridized carbons (Fsp3) is 0.530. The lowest BCUT2D eigenvalue weighted by atomic mass is 9.87. The summed E-state index contributed by atoms with van der Waals surface area (Å²) < 4.78 is 17.7. The molecule has 0 aromatic heterocycles. The van der Waals surface area contributed by atoms with Crippen molar-refractivity contribution in [3.8, 4) is 17.2 Å². The summed E-state index contributed by atoms with van der Waals surface area (Å²) in [7, 11) is 8.51. The molecule has 3 aromatic carbocycles. The van der Waals surface area contributed by atoms with Crippen LogP contribution in [-0.4, -0.2) is 114 Å². The van der Waals surface area contributed by atoms with Crippen LogP contribution in [0, 0.1) is 16.2 Å². The van der Waals surface area contributed by atoms with Gasteiger partial charge in [-0.3, -0.25) is 4.79 Å². The molecular formula is C66H96N6O4. The molecule has 5 aliphatic heterocycles. The van der Waals surface area contributed by atoms with Crippen molar-refractivity contribution in [2.75, 3.05) is 109 Å². The van der Waals surface area contributed by atoms with E-state index in [1.54, 1.807) is 0 Å². The molecule has 2 fully saturated rings. The Morgan fingerprint density at radius 3 is 1.32 bits per heavy atom. The standard InChI is InChI=1S/C23H32N2O2.C22H32N2O.C21H32N2O/c1-17-15-18(7-6-8-22(26)23(2,3)4)20-10-9-19(16-21(20)27-17)25-13-11-24(5)12-14-25;1-17-15-18(7-6-10-22(2,3)4)20-9-8-19(16-21(20)25-17)24-13-11-23(5)12-14-24;1-16-14-17(8-7-11-21(2,3)4)19-10-9-18(15-20(19)24-16)22-12-13-23(5)6/h9-10,15-16H,1,6-8,11-14H2,2-5H3;8-9,15-16H,1,6-7,10-14H2,2-5H3;9-10,14-15,22H,1,7-8,11-13H2,2-6H3. The number of rotatable bonds is 16. The van der Waals surface area contributed by atoms with E-state index in [9.17, 15) is 4.79 Å². The van der Waals surface area contributed by atoms with Crippen molar-refractivity contribution in [1.82, 2.24) is 14.7 Å². The number of likely N-dealkylation sites (N-methyl/N-ethyl adjacent to an activating group) is 3. The first-order chi connectivity index (χ1) is 35.8. The number of hydrogen-bond donors (Lipinski definition) is 1. The van der Waals surface area contributed by atoms with E-state index >= 15 is 0 Å². The molecule has 3 aromatic rings. The molecule has 10 heteroatoms. The largest absolute Gasteiger partial charge is 0.457 e. The van der Waals surface area contributed by atoms with Crippen LogP contribution in [0.2, 0.25) is 0 Å². The molecule has 5 heterocycles. The molecule has 0 amide bonds. The molecule has 1 N–H and O–H groups in total. The first kappa shape index (κ1) is 59.7. The number of ketones is 1. The van der Waals surface area contributed by atoms with E-state index in [2.05, 4.69) is 186 Å². The van der Waals surface area contributed by atoms with E-state index in [0.29, 0.717) is 28.8 Å². The molecule has 5 aliphatic rings. The molecule has 0 atom stereocenters. The Morgan fingerprint density at radius 2 is 0.934 bits per heavy atom. The summed E-state index contributed by atoms with van der Waals surface area (Å²) in [5, 5.41) is 3.45. The number of Topliss-reactive ketones (excluding diaryl/α,β-unsaturated/α-hetero) is 1. The summed E-state index contributed by atoms with van der Waals surface area (Å²) in [5.41, 5.74) is 11.6. The van der Waals surface area contributed by atoms with E-state index in [-0.39, 0.29) is 5.41 Å². The maximum atomic E-state index is 12.2. The maximum Gasteiger partial charge on any atom is 0.138 e. The van der Waals surface area contributed by atoms with Gasteiger partial charge < -0.3 is 44.0 Å². The van der Waals surface area contributed by atoms with Crippen LogP contribution in [0.25, 0.3) is 16.7 Å². The Hall–Kier alpha value is -5.55. The van der Waals surface area contributed by atoms with Crippen LogP contribution >= 0.6 is 0 Å². The summed E-state index contributed by atoms with van der Waals surface area (Å²) in [6.45, 7) is 42.4. The summed E-state index contributed by atoms with van der Waals surface area (Å²) in [6.07, 6.45) is 15.5. The summed E-state index contributed by atoms with van der Waals surface area (Å²) in [4.78, 5) is 23.9. The quantitative estimate of drug-likeness (QED) is 0.150. The van der Waals surface area contributed by atoms with E-state index < -0.39 is 0 Å². The number of carbonyl (C=O) groups excluding carboxylic acids is 1. The molecule has 0 saturated carbocycles. The normalized spacial score (nSPS) is 17.0. The van der Waals surface area contributed by atoms with E-state index in [4.69, 9.17) is 14.2 Å². The third kappa shape index (κ3) is 18.6. The van der Waals surface area contributed by atoms with Crippen LogP contribution in [0.15, 0.2) is 110 Å². The Labute approximate surface area is 460 Å². The lowest BCUT2D eigenvalue weighted by Crippen LogP contribution is -2.44. The number of carbonyl (C=O) groups is 1. The first-order valence-corrected chi connectivity index (χ1v) is 28.2. The van der Waals surface area contributed by atoms with E-state index in [0.717, 1.165) is 131 Å². The van der Waals surface area contributed by atoms with Crippen LogP contribution in [0.4, 0.5) is 17.1 Å². The number of benzene rings is 3. The molecule has 0 bridgehead atoms. The average molecular weight is 1040 g/mol. The van der Waals surface area contributed by atoms with E-state index in [1.165, 1.54) is 64.9 Å². The van der Waals surface area contributed by atoms with Gasteiger partial charge >= 0.3 is 0 Å². The third-order valence-electron chi connectivity index (χ3n) is 14.7. The second-order valence-electron chi connectivity index (χ2n) is 25.5. The Bertz CT molecular complexity index is 2580. The van der Waals surface area contributed by atoms with Crippen molar-refractivity contribution in [2.24, 2.45) is 16.2 Å². The third-order valence-corrected chi connectivity index (χ3v) is 14.7. The minimum Gasteiger partial charge on any atom is -0.457 e. The van der Waals surface area contributed by atoms with Crippen LogP contribution in [0.1, 0.15) is 137 Å². The number of hydrogen-bond acceptors (Lipinski definition) is 10. The number of ether oxygens (including phenoxy) is 3. The highest BCUT2D eigenvalue weighted by Crippen LogP contribution is 2.42. The number of fused-ring (bicyclic) bond motifs is 3.